The topological polar surface area (TPSA) is 0 Å². The standard InChI is InChI=1S/2C24H21.C6H10.2ClH.Ti/c2*1-2-8-17(7-1)20-15-19-11-6-14-23(24(19)16-20)22-13-5-10-18-9-3-4-12-21(18)22;1-2-4-6-5-3-1;;;/h2*3-6,9-17H,1-2,7-8H2;1-2H,3-6H2;2*1H;/q;;;;;+2/p-2. The quantitative estimate of drug-likeness (QED) is 0.147. The molecule has 5 aliphatic carbocycles. The van der Waals surface area contributed by atoms with Crippen molar-refractivity contribution in [2.75, 3.05) is 0 Å². The zero-order valence-electron chi connectivity index (χ0n) is 32.9. The van der Waals surface area contributed by atoms with Crippen LogP contribution in [0.3, 0.4) is 0 Å². The zero-order chi connectivity index (χ0) is 36.1. The fourth-order valence-electron chi connectivity index (χ4n) is 13.8. The van der Waals surface area contributed by atoms with Crippen LogP contribution < -0.4 is 24.8 Å². The van der Waals surface area contributed by atoms with Crippen LogP contribution in [0.4, 0.5) is 0 Å². The van der Waals surface area contributed by atoms with E-state index in [-0.39, 0.29) is 24.8 Å². The van der Waals surface area contributed by atoms with Crippen molar-refractivity contribution in [3.05, 3.63) is 155 Å². The van der Waals surface area contributed by atoms with Crippen molar-refractivity contribution in [1.82, 2.24) is 0 Å². The summed E-state index contributed by atoms with van der Waals surface area (Å²) in [4.78, 5) is 0. The summed E-state index contributed by atoms with van der Waals surface area (Å²) in [6, 6.07) is 47.3. The summed E-state index contributed by atoms with van der Waals surface area (Å²) in [5.74, 6) is 1.51. The first-order chi connectivity index (χ1) is 27.3. The molecule has 4 fully saturated rings. The zero-order valence-corrected chi connectivity index (χ0v) is 36.0. The Bertz CT molecular complexity index is 2380. The van der Waals surface area contributed by atoms with E-state index >= 15 is 0 Å². The molecule has 0 aromatic heterocycles. The van der Waals surface area contributed by atoms with Crippen LogP contribution in [0.15, 0.2) is 132 Å². The van der Waals surface area contributed by atoms with Gasteiger partial charge in [-0.1, -0.05) is 0 Å². The van der Waals surface area contributed by atoms with Crippen molar-refractivity contribution in [1.29, 1.82) is 0 Å². The summed E-state index contributed by atoms with van der Waals surface area (Å²) in [6.07, 6.45) is 22.8. The molecule has 1 aliphatic heterocycles. The molecule has 12 rings (SSSR count). The summed E-state index contributed by atoms with van der Waals surface area (Å²) in [6.45, 7) is 0. The molecule has 1 heterocycles. The van der Waals surface area contributed by atoms with E-state index in [0.29, 0.717) is 8.45 Å². The van der Waals surface area contributed by atoms with Crippen molar-refractivity contribution in [3.8, 4) is 22.3 Å². The molecule has 6 aromatic rings. The minimum Gasteiger partial charge on any atom is -1.00 e. The molecule has 4 atom stereocenters. The van der Waals surface area contributed by atoms with Gasteiger partial charge in [0.2, 0.25) is 0 Å². The van der Waals surface area contributed by atoms with Gasteiger partial charge in [0.05, 0.1) is 0 Å². The van der Waals surface area contributed by atoms with Gasteiger partial charge < -0.3 is 24.8 Å². The molecule has 3 heteroatoms. The van der Waals surface area contributed by atoms with E-state index in [4.69, 9.17) is 0 Å². The number of fused-ring (bicyclic) bond motifs is 5. The van der Waals surface area contributed by atoms with Crippen LogP contribution >= 0.6 is 0 Å². The Morgan fingerprint density at radius 2 is 0.737 bits per heavy atom. The molecule has 0 amide bonds. The fourth-order valence-corrected chi connectivity index (χ4v) is 28.1. The van der Waals surface area contributed by atoms with Crippen molar-refractivity contribution < 1.29 is 41.4 Å². The normalized spacial score (nSPS) is 25.2. The Morgan fingerprint density at radius 3 is 1.19 bits per heavy atom. The molecule has 0 radical (unpaired) electrons. The average Bonchev–Trinajstić information content (AvgIpc) is 3.92. The maximum atomic E-state index is 2.84. The minimum atomic E-state index is -2.84. The van der Waals surface area contributed by atoms with Gasteiger partial charge in [-0.05, 0) is 0 Å². The molecule has 0 nitrogen and oxygen atoms in total. The molecule has 286 valence electrons. The molecule has 0 N–H and O–H groups in total. The smallest absolute Gasteiger partial charge is 1.00 e. The summed E-state index contributed by atoms with van der Waals surface area (Å²) in [5, 5.41) is 5.49. The van der Waals surface area contributed by atoms with Gasteiger partial charge in [0.15, 0.2) is 0 Å². The van der Waals surface area contributed by atoms with Crippen molar-refractivity contribution in [2.24, 2.45) is 11.8 Å². The molecule has 6 aromatic carbocycles. The van der Waals surface area contributed by atoms with Gasteiger partial charge in [-0.15, -0.1) is 0 Å². The largest absolute Gasteiger partial charge is 1.00 e. The minimum absolute atomic E-state index is 0. The number of hydrogen-bond acceptors (Lipinski definition) is 0. The predicted octanol–water partition coefficient (Wildman–Crippen LogP) is 9.61. The van der Waals surface area contributed by atoms with Crippen LogP contribution in [0, 0.1) is 11.8 Å². The second-order valence-corrected chi connectivity index (χ2v) is 25.5. The van der Waals surface area contributed by atoms with Gasteiger partial charge >= 0.3 is 333 Å². The Balaban J connectivity index is 0.00000198. The molecule has 57 heavy (non-hydrogen) atoms. The Kier molecular flexibility index (Phi) is 9.97. The van der Waals surface area contributed by atoms with Crippen molar-refractivity contribution in [2.45, 2.75) is 93.9 Å². The monoisotopic (exact) mass is 818 g/mol. The van der Waals surface area contributed by atoms with E-state index in [2.05, 4.69) is 133 Å². The van der Waals surface area contributed by atoms with E-state index in [9.17, 15) is 0 Å². The van der Waals surface area contributed by atoms with Crippen molar-refractivity contribution >= 4 is 33.7 Å². The second kappa shape index (κ2) is 15.0. The molecular weight excluding hydrogens is 767 g/mol. The number of hydrogen-bond donors (Lipinski definition) is 0. The number of benzene rings is 6. The molecule has 6 aliphatic rings. The summed E-state index contributed by atoms with van der Waals surface area (Å²) >= 11 is -2.84. The van der Waals surface area contributed by atoms with Gasteiger partial charge in [0.25, 0.3) is 0 Å². The van der Waals surface area contributed by atoms with Crippen LogP contribution in [0.5, 0.6) is 0 Å². The first-order valence-corrected chi connectivity index (χ1v) is 25.6. The SMILES string of the molecule is C1=C(C2CCCC2)[CH]([Ti+2]2([CH]3C(C4CCCC4)=Cc4c(-c5cccc6ccccc56)cccc43)[CH]3CCCC[CH]32)c2cccc(-c3cccc4ccccc34)c21.[Cl-].[Cl-]. The van der Waals surface area contributed by atoms with Crippen LogP contribution in [0.1, 0.15) is 108 Å². The first-order valence-electron chi connectivity index (χ1n) is 22.0. The second-order valence-electron chi connectivity index (χ2n) is 18.3. The van der Waals surface area contributed by atoms with Gasteiger partial charge in [-0.25, -0.2) is 0 Å². The van der Waals surface area contributed by atoms with Crippen LogP contribution in [-0.2, 0) is 16.6 Å². The third-order valence-electron chi connectivity index (χ3n) is 15.9. The maximum Gasteiger partial charge on any atom is -1.00 e. The van der Waals surface area contributed by atoms with Crippen LogP contribution in [0.2, 0.25) is 8.45 Å². The Hall–Kier alpha value is -3.39. The molecule has 0 bridgehead atoms. The Labute approximate surface area is 355 Å². The van der Waals surface area contributed by atoms with E-state index in [1.165, 1.54) is 121 Å². The predicted molar refractivity (Wildman–Crippen MR) is 230 cm³/mol. The molecule has 1 saturated heterocycles. The maximum absolute atomic E-state index is 2.84. The first kappa shape index (κ1) is 37.9. The van der Waals surface area contributed by atoms with Crippen LogP contribution in [-0.4, -0.2) is 0 Å². The summed E-state index contributed by atoms with van der Waals surface area (Å²) in [5.41, 5.74) is 16.3. The van der Waals surface area contributed by atoms with Gasteiger partial charge in [0, 0.05) is 0 Å². The van der Waals surface area contributed by atoms with Crippen LogP contribution in [0.25, 0.3) is 56.0 Å². The molecule has 0 spiro atoms. The van der Waals surface area contributed by atoms with E-state index in [1.54, 1.807) is 22.3 Å². The van der Waals surface area contributed by atoms with Gasteiger partial charge in [-0.3, -0.25) is 0 Å². The van der Waals surface area contributed by atoms with Gasteiger partial charge in [0.1, 0.15) is 0 Å². The average molecular weight is 820 g/mol. The van der Waals surface area contributed by atoms with Crippen molar-refractivity contribution in [3.63, 3.8) is 0 Å². The number of allylic oxidation sites excluding steroid dienone is 2. The van der Waals surface area contributed by atoms with Gasteiger partial charge in [-0.2, -0.15) is 0 Å². The molecule has 4 unspecified atom stereocenters. The van der Waals surface area contributed by atoms with E-state index in [0.717, 1.165) is 20.3 Å². The number of rotatable bonds is 6. The molecular formula is C54H52Cl2Ti. The Morgan fingerprint density at radius 1 is 0.368 bits per heavy atom. The molecule has 3 saturated carbocycles. The third-order valence-corrected chi connectivity index (χ3v) is 26.6. The van der Waals surface area contributed by atoms with E-state index < -0.39 is 16.6 Å². The summed E-state index contributed by atoms with van der Waals surface area (Å²) in [7, 11) is 0. The third kappa shape index (κ3) is 5.71. The summed E-state index contributed by atoms with van der Waals surface area (Å²) < 4.78 is 3.33. The fraction of sp³-hybridized carbons (Fsp3) is 0.333. The number of halogens is 2. The van der Waals surface area contributed by atoms with E-state index in [1.807, 2.05) is 11.1 Å².